The van der Waals surface area contributed by atoms with Gasteiger partial charge in [0.25, 0.3) is 0 Å². The number of aryl methyl sites for hydroxylation is 1. The predicted molar refractivity (Wildman–Crippen MR) is 112 cm³/mol. The van der Waals surface area contributed by atoms with Crippen LogP contribution in [0.2, 0.25) is 0 Å². The van der Waals surface area contributed by atoms with Crippen LogP contribution in [0.3, 0.4) is 0 Å². The molecule has 1 fully saturated rings. The molecule has 2 aromatic carbocycles. The summed E-state index contributed by atoms with van der Waals surface area (Å²) in [5.41, 5.74) is 10.3. The lowest BCUT2D eigenvalue weighted by Crippen LogP contribution is -2.32. The van der Waals surface area contributed by atoms with Crippen molar-refractivity contribution in [2.24, 2.45) is 12.8 Å². The summed E-state index contributed by atoms with van der Waals surface area (Å²) in [6.45, 7) is 0.401. The number of rotatable bonds is 3. The lowest BCUT2D eigenvalue weighted by molar-refractivity contribution is 0.503. The van der Waals surface area contributed by atoms with Crippen molar-refractivity contribution in [3.8, 4) is 0 Å². The Bertz CT molecular complexity index is 1150. The second-order valence-electron chi connectivity index (χ2n) is 7.65. The summed E-state index contributed by atoms with van der Waals surface area (Å²) < 4.78 is 28.6. The number of benzene rings is 2. The first-order valence-corrected chi connectivity index (χ1v) is 10.9. The third kappa shape index (κ3) is 2.70. The van der Waals surface area contributed by atoms with Gasteiger partial charge in [0.05, 0.1) is 9.79 Å². The van der Waals surface area contributed by atoms with Gasteiger partial charge in [-0.25, -0.2) is 8.42 Å². The van der Waals surface area contributed by atoms with Gasteiger partial charge in [0, 0.05) is 48.7 Å². The van der Waals surface area contributed by atoms with E-state index >= 15 is 0 Å². The zero-order valence-electron chi connectivity index (χ0n) is 15.3. The third-order valence-corrected chi connectivity index (χ3v) is 7.91. The fourth-order valence-electron chi connectivity index (χ4n) is 4.69. The van der Waals surface area contributed by atoms with Crippen molar-refractivity contribution in [3.05, 3.63) is 59.3 Å². The Morgan fingerprint density at radius 2 is 1.82 bits per heavy atom. The molecule has 1 saturated heterocycles. The number of nitrogens with zero attached hydrogens (tertiary/aromatic N) is 1. The second-order valence-corrected chi connectivity index (χ2v) is 9.60. The van der Waals surface area contributed by atoms with Crippen molar-refractivity contribution >= 4 is 20.7 Å². The summed E-state index contributed by atoms with van der Waals surface area (Å²) in [4.78, 5) is 0.659. The SMILES string of the molecule is C.Cn1c2c(c3cc(S(=O)(=O)c4ccc(CN)cc4)ccc31)C1CCC(C2)N1. The van der Waals surface area contributed by atoms with Crippen LogP contribution in [0.4, 0.5) is 0 Å². The van der Waals surface area contributed by atoms with Gasteiger partial charge in [0.2, 0.25) is 9.84 Å². The molecule has 3 N–H and O–H groups in total. The van der Waals surface area contributed by atoms with Gasteiger partial charge in [0.15, 0.2) is 0 Å². The molecular formula is C22H27N3O2S. The van der Waals surface area contributed by atoms with E-state index in [2.05, 4.69) is 16.9 Å². The number of hydrogen-bond acceptors (Lipinski definition) is 4. The molecule has 0 spiro atoms. The average Bonchev–Trinajstić information content (AvgIpc) is 3.20. The number of hydrogen-bond donors (Lipinski definition) is 2. The van der Waals surface area contributed by atoms with Crippen LogP contribution in [0, 0.1) is 0 Å². The van der Waals surface area contributed by atoms with Crippen LogP contribution in [0.15, 0.2) is 52.3 Å². The van der Waals surface area contributed by atoms with E-state index in [0.29, 0.717) is 28.4 Å². The Labute approximate surface area is 166 Å². The lowest BCUT2D eigenvalue weighted by atomic mass is 9.99. The zero-order chi connectivity index (χ0) is 18.8. The molecule has 2 aliphatic heterocycles. The van der Waals surface area contributed by atoms with Gasteiger partial charge in [-0.15, -0.1) is 0 Å². The monoisotopic (exact) mass is 397 g/mol. The number of aromatic nitrogens is 1. The Balaban J connectivity index is 0.00000192. The summed E-state index contributed by atoms with van der Waals surface area (Å²) in [6.07, 6.45) is 3.32. The summed E-state index contributed by atoms with van der Waals surface area (Å²) >= 11 is 0. The molecule has 5 nitrogen and oxygen atoms in total. The van der Waals surface area contributed by atoms with E-state index in [1.54, 1.807) is 30.3 Å². The van der Waals surface area contributed by atoms with Crippen LogP contribution in [0.5, 0.6) is 0 Å². The molecule has 2 atom stereocenters. The fraction of sp³-hybridized carbons (Fsp3) is 0.364. The molecule has 3 heterocycles. The first-order valence-electron chi connectivity index (χ1n) is 9.40. The molecule has 0 saturated carbocycles. The van der Waals surface area contributed by atoms with E-state index < -0.39 is 9.84 Å². The van der Waals surface area contributed by atoms with Crippen LogP contribution in [-0.2, 0) is 29.9 Å². The topological polar surface area (TPSA) is 77.1 Å². The second kappa shape index (κ2) is 6.72. The van der Waals surface area contributed by atoms with Crippen molar-refractivity contribution < 1.29 is 8.42 Å². The third-order valence-electron chi connectivity index (χ3n) is 6.14. The van der Waals surface area contributed by atoms with Gasteiger partial charge >= 0.3 is 0 Å². The highest BCUT2D eigenvalue weighted by molar-refractivity contribution is 7.91. The number of fused-ring (bicyclic) bond motifs is 6. The Morgan fingerprint density at radius 3 is 2.54 bits per heavy atom. The molecule has 0 amide bonds. The highest BCUT2D eigenvalue weighted by Gasteiger charge is 2.36. The normalized spacial score (nSPS) is 20.8. The molecular weight excluding hydrogens is 370 g/mol. The first kappa shape index (κ1) is 19.2. The molecule has 5 rings (SSSR count). The zero-order valence-corrected chi connectivity index (χ0v) is 16.1. The van der Waals surface area contributed by atoms with Gasteiger partial charge < -0.3 is 15.6 Å². The first-order chi connectivity index (χ1) is 13.0. The van der Waals surface area contributed by atoms with Crippen LogP contribution in [0.1, 0.15) is 43.1 Å². The summed E-state index contributed by atoms with van der Waals surface area (Å²) in [5, 5.41) is 4.74. The number of sulfone groups is 1. The van der Waals surface area contributed by atoms with E-state index in [9.17, 15) is 8.42 Å². The van der Waals surface area contributed by atoms with Crippen LogP contribution >= 0.6 is 0 Å². The van der Waals surface area contributed by atoms with Crippen molar-refractivity contribution in [3.63, 3.8) is 0 Å². The predicted octanol–water partition coefficient (Wildman–Crippen LogP) is 3.46. The Morgan fingerprint density at radius 1 is 1.11 bits per heavy atom. The van der Waals surface area contributed by atoms with E-state index in [0.717, 1.165) is 29.3 Å². The molecule has 2 bridgehead atoms. The molecule has 6 heteroatoms. The molecule has 1 aromatic heterocycles. The highest BCUT2D eigenvalue weighted by atomic mass is 32.2. The summed E-state index contributed by atoms with van der Waals surface area (Å²) in [5.74, 6) is 0. The number of nitrogens with two attached hydrogens (primary N) is 1. The molecule has 0 radical (unpaired) electrons. The maximum Gasteiger partial charge on any atom is 0.206 e. The molecule has 28 heavy (non-hydrogen) atoms. The van der Waals surface area contributed by atoms with E-state index in [1.165, 1.54) is 17.7 Å². The largest absolute Gasteiger partial charge is 0.347 e. The van der Waals surface area contributed by atoms with Gasteiger partial charge in [0.1, 0.15) is 0 Å². The molecule has 3 aromatic rings. The fourth-order valence-corrected chi connectivity index (χ4v) is 5.98. The lowest BCUT2D eigenvalue weighted by Gasteiger charge is -2.23. The standard InChI is InChI=1S/C21H23N3O2S.CH4/c1-24-19-9-7-16(27(25,26)15-5-2-13(12-22)3-6-15)11-17(19)21-18-8-4-14(23-18)10-20(21)24;/h2-3,5-7,9,11,14,18,23H,4,8,10,12,22H2,1H3;1H4. The minimum absolute atomic E-state index is 0. The van der Waals surface area contributed by atoms with Crippen molar-refractivity contribution in [2.75, 3.05) is 0 Å². The Kier molecular flexibility index (Phi) is 4.61. The van der Waals surface area contributed by atoms with Crippen LogP contribution in [0.25, 0.3) is 10.9 Å². The van der Waals surface area contributed by atoms with Gasteiger partial charge in [-0.3, -0.25) is 0 Å². The molecule has 2 aliphatic rings. The molecule has 148 valence electrons. The quantitative estimate of drug-likeness (QED) is 0.710. The van der Waals surface area contributed by atoms with Crippen LogP contribution < -0.4 is 11.1 Å². The van der Waals surface area contributed by atoms with E-state index in [1.807, 2.05) is 12.1 Å². The van der Waals surface area contributed by atoms with Crippen LogP contribution in [-0.4, -0.2) is 19.0 Å². The van der Waals surface area contributed by atoms with Gasteiger partial charge in [-0.05, 0) is 54.3 Å². The van der Waals surface area contributed by atoms with Crippen molar-refractivity contribution in [1.29, 1.82) is 0 Å². The minimum Gasteiger partial charge on any atom is -0.347 e. The maximum absolute atomic E-state index is 13.2. The highest BCUT2D eigenvalue weighted by Crippen LogP contribution is 2.42. The van der Waals surface area contributed by atoms with Gasteiger partial charge in [-0.1, -0.05) is 19.6 Å². The van der Waals surface area contributed by atoms with E-state index in [4.69, 9.17) is 5.73 Å². The smallest absolute Gasteiger partial charge is 0.206 e. The van der Waals surface area contributed by atoms with E-state index in [-0.39, 0.29) is 7.43 Å². The average molecular weight is 398 g/mol. The molecule has 2 unspecified atom stereocenters. The number of nitrogens with one attached hydrogen (secondary N) is 1. The summed E-state index contributed by atoms with van der Waals surface area (Å²) in [6, 6.07) is 13.3. The van der Waals surface area contributed by atoms with Crippen molar-refractivity contribution in [2.45, 2.75) is 55.1 Å². The maximum atomic E-state index is 13.2. The van der Waals surface area contributed by atoms with Crippen molar-refractivity contribution in [1.82, 2.24) is 9.88 Å². The Hall–Kier alpha value is -2.15. The minimum atomic E-state index is -3.56. The summed E-state index contributed by atoms with van der Waals surface area (Å²) in [7, 11) is -1.47. The van der Waals surface area contributed by atoms with Gasteiger partial charge in [-0.2, -0.15) is 0 Å². The molecule has 0 aliphatic carbocycles.